The molecule has 0 saturated carbocycles. The first kappa shape index (κ1) is 13.1. The lowest BCUT2D eigenvalue weighted by Gasteiger charge is -2.30. The third-order valence-electron chi connectivity index (χ3n) is 3.25. The molecule has 2 N–H and O–H groups in total. The molecule has 98 valence electrons. The van der Waals surface area contributed by atoms with Crippen molar-refractivity contribution in [1.82, 2.24) is 4.90 Å². The van der Waals surface area contributed by atoms with Crippen LogP contribution in [0.5, 0.6) is 5.75 Å². The number of ketones is 1. The first-order chi connectivity index (χ1) is 8.69. The van der Waals surface area contributed by atoms with E-state index in [9.17, 15) is 4.79 Å². The molecule has 0 spiro atoms. The predicted octanol–water partition coefficient (Wildman–Crippen LogP) is 1.30. The second kappa shape index (κ2) is 5.98. The molecule has 1 aromatic carbocycles. The maximum Gasteiger partial charge on any atom is 0.176 e. The molecule has 0 bridgehead atoms. The van der Waals surface area contributed by atoms with Crippen LogP contribution in [0, 0.1) is 0 Å². The van der Waals surface area contributed by atoms with E-state index < -0.39 is 0 Å². The van der Waals surface area contributed by atoms with E-state index >= 15 is 0 Å². The molecule has 4 nitrogen and oxygen atoms in total. The number of benzene rings is 1. The SMILES string of the molecule is CN1CCCC(Oc2ccc(C(=O)CN)cc2)C1. The third-order valence-corrected chi connectivity index (χ3v) is 3.25. The summed E-state index contributed by atoms with van der Waals surface area (Å²) in [6.07, 6.45) is 2.51. The van der Waals surface area contributed by atoms with Crippen LogP contribution in [0.2, 0.25) is 0 Å². The summed E-state index contributed by atoms with van der Waals surface area (Å²) in [6.45, 7) is 2.15. The molecule has 1 aliphatic rings. The van der Waals surface area contributed by atoms with Crippen molar-refractivity contribution >= 4 is 5.78 Å². The van der Waals surface area contributed by atoms with Gasteiger partial charge in [0.05, 0.1) is 6.54 Å². The molecule has 2 rings (SSSR count). The monoisotopic (exact) mass is 248 g/mol. The minimum Gasteiger partial charge on any atom is -0.489 e. The van der Waals surface area contributed by atoms with E-state index in [0.717, 1.165) is 25.3 Å². The Morgan fingerprint density at radius 1 is 1.44 bits per heavy atom. The maximum absolute atomic E-state index is 11.4. The van der Waals surface area contributed by atoms with Crippen molar-refractivity contribution in [2.45, 2.75) is 18.9 Å². The van der Waals surface area contributed by atoms with E-state index in [-0.39, 0.29) is 18.4 Å². The lowest BCUT2D eigenvalue weighted by atomic mass is 10.1. The molecule has 0 amide bonds. The van der Waals surface area contributed by atoms with Crippen molar-refractivity contribution in [3.05, 3.63) is 29.8 Å². The van der Waals surface area contributed by atoms with E-state index in [1.54, 1.807) is 12.1 Å². The van der Waals surface area contributed by atoms with Gasteiger partial charge < -0.3 is 15.4 Å². The van der Waals surface area contributed by atoms with Crippen LogP contribution in [-0.2, 0) is 0 Å². The fourth-order valence-corrected chi connectivity index (χ4v) is 2.24. The predicted molar refractivity (Wildman–Crippen MR) is 71.0 cm³/mol. The van der Waals surface area contributed by atoms with Crippen LogP contribution in [0.15, 0.2) is 24.3 Å². The number of hydrogen-bond donors (Lipinski definition) is 1. The summed E-state index contributed by atoms with van der Waals surface area (Å²) in [4.78, 5) is 13.7. The van der Waals surface area contributed by atoms with E-state index in [1.807, 2.05) is 12.1 Å². The van der Waals surface area contributed by atoms with Gasteiger partial charge in [0.2, 0.25) is 0 Å². The number of piperidine rings is 1. The Balaban J connectivity index is 1.95. The van der Waals surface area contributed by atoms with Gasteiger partial charge in [-0.05, 0) is 50.7 Å². The summed E-state index contributed by atoms with van der Waals surface area (Å²) in [5.41, 5.74) is 5.96. The summed E-state index contributed by atoms with van der Waals surface area (Å²) in [5, 5.41) is 0. The van der Waals surface area contributed by atoms with Crippen LogP contribution in [0.3, 0.4) is 0 Å². The van der Waals surface area contributed by atoms with Gasteiger partial charge in [-0.15, -0.1) is 0 Å². The minimum absolute atomic E-state index is 0.0426. The fourth-order valence-electron chi connectivity index (χ4n) is 2.24. The zero-order chi connectivity index (χ0) is 13.0. The van der Waals surface area contributed by atoms with Crippen LogP contribution in [0.1, 0.15) is 23.2 Å². The Morgan fingerprint density at radius 2 is 2.17 bits per heavy atom. The van der Waals surface area contributed by atoms with E-state index in [2.05, 4.69) is 11.9 Å². The average Bonchev–Trinajstić information content (AvgIpc) is 2.39. The second-order valence-electron chi connectivity index (χ2n) is 4.80. The van der Waals surface area contributed by atoms with Crippen LogP contribution in [-0.4, -0.2) is 43.5 Å². The Labute approximate surface area is 108 Å². The van der Waals surface area contributed by atoms with E-state index in [4.69, 9.17) is 10.5 Å². The maximum atomic E-state index is 11.4. The van der Waals surface area contributed by atoms with Crippen molar-refractivity contribution in [3.8, 4) is 5.75 Å². The molecule has 0 aliphatic carbocycles. The van der Waals surface area contributed by atoms with Gasteiger partial charge in [-0.3, -0.25) is 4.79 Å². The first-order valence-corrected chi connectivity index (χ1v) is 6.37. The number of ether oxygens (including phenoxy) is 1. The molecule has 1 aromatic rings. The van der Waals surface area contributed by atoms with E-state index in [0.29, 0.717) is 5.56 Å². The van der Waals surface area contributed by atoms with Crippen LogP contribution < -0.4 is 10.5 Å². The Kier molecular flexibility index (Phi) is 4.33. The molecule has 1 saturated heterocycles. The van der Waals surface area contributed by atoms with Gasteiger partial charge in [0.25, 0.3) is 0 Å². The van der Waals surface area contributed by atoms with Crippen molar-refractivity contribution in [2.24, 2.45) is 5.73 Å². The second-order valence-corrected chi connectivity index (χ2v) is 4.80. The normalized spacial score (nSPS) is 20.7. The minimum atomic E-state index is -0.0426. The summed E-state index contributed by atoms with van der Waals surface area (Å²) in [5.74, 6) is 0.780. The summed E-state index contributed by atoms with van der Waals surface area (Å²) < 4.78 is 5.91. The van der Waals surface area contributed by atoms with Gasteiger partial charge in [-0.2, -0.15) is 0 Å². The van der Waals surface area contributed by atoms with Gasteiger partial charge in [0.1, 0.15) is 11.9 Å². The largest absolute Gasteiger partial charge is 0.489 e. The smallest absolute Gasteiger partial charge is 0.176 e. The Morgan fingerprint density at radius 3 is 2.78 bits per heavy atom. The van der Waals surface area contributed by atoms with Crippen molar-refractivity contribution < 1.29 is 9.53 Å². The topological polar surface area (TPSA) is 55.6 Å². The molecule has 1 heterocycles. The number of rotatable bonds is 4. The zero-order valence-electron chi connectivity index (χ0n) is 10.8. The molecule has 1 unspecified atom stereocenters. The lowest BCUT2D eigenvalue weighted by Crippen LogP contribution is -2.38. The highest BCUT2D eigenvalue weighted by Gasteiger charge is 2.18. The fraction of sp³-hybridized carbons (Fsp3) is 0.500. The molecular weight excluding hydrogens is 228 g/mol. The Hall–Kier alpha value is -1.39. The highest BCUT2D eigenvalue weighted by Crippen LogP contribution is 2.18. The molecule has 1 fully saturated rings. The number of nitrogens with zero attached hydrogens (tertiary/aromatic N) is 1. The van der Waals surface area contributed by atoms with Crippen molar-refractivity contribution in [2.75, 3.05) is 26.7 Å². The van der Waals surface area contributed by atoms with Crippen molar-refractivity contribution in [1.29, 1.82) is 0 Å². The molecule has 1 aliphatic heterocycles. The van der Waals surface area contributed by atoms with Gasteiger partial charge in [-0.1, -0.05) is 0 Å². The quantitative estimate of drug-likeness (QED) is 0.816. The molecule has 1 atom stereocenters. The summed E-state index contributed by atoms with van der Waals surface area (Å²) >= 11 is 0. The number of likely N-dealkylation sites (N-methyl/N-ethyl adjacent to an activating group) is 1. The number of likely N-dealkylation sites (tertiary alicyclic amines) is 1. The standard InChI is InChI=1S/C14H20N2O2/c1-16-8-2-3-13(10-16)18-12-6-4-11(5-7-12)14(17)9-15/h4-7,13H,2-3,8-10,15H2,1H3. The highest BCUT2D eigenvalue weighted by atomic mass is 16.5. The average molecular weight is 248 g/mol. The van der Waals surface area contributed by atoms with Gasteiger partial charge in [-0.25, -0.2) is 0 Å². The third kappa shape index (κ3) is 3.31. The molecular formula is C14H20N2O2. The van der Waals surface area contributed by atoms with Gasteiger partial charge in [0, 0.05) is 12.1 Å². The number of Topliss-reactive ketones (excluding diaryl/α,β-unsaturated/α-hetero) is 1. The number of nitrogens with two attached hydrogens (primary N) is 1. The molecule has 4 heteroatoms. The molecule has 0 radical (unpaired) electrons. The number of hydrogen-bond acceptors (Lipinski definition) is 4. The van der Waals surface area contributed by atoms with Gasteiger partial charge >= 0.3 is 0 Å². The first-order valence-electron chi connectivity index (χ1n) is 6.37. The van der Waals surface area contributed by atoms with Crippen LogP contribution >= 0.6 is 0 Å². The van der Waals surface area contributed by atoms with Crippen LogP contribution in [0.4, 0.5) is 0 Å². The highest BCUT2D eigenvalue weighted by molar-refractivity contribution is 5.97. The van der Waals surface area contributed by atoms with E-state index in [1.165, 1.54) is 6.42 Å². The van der Waals surface area contributed by atoms with Crippen molar-refractivity contribution in [3.63, 3.8) is 0 Å². The van der Waals surface area contributed by atoms with Gasteiger partial charge in [0.15, 0.2) is 5.78 Å². The Bertz CT molecular complexity index is 403. The lowest BCUT2D eigenvalue weighted by molar-refractivity contribution is 0.1000. The zero-order valence-corrected chi connectivity index (χ0v) is 10.8. The van der Waals surface area contributed by atoms with Crippen LogP contribution in [0.25, 0.3) is 0 Å². The molecule has 0 aromatic heterocycles. The molecule has 18 heavy (non-hydrogen) atoms. The number of carbonyl (C=O) groups excluding carboxylic acids is 1. The number of carbonyl (C=O) groups is 1. The summed E-state index contributed by atoms with van der Waals surface area (Å²) in [6, 6.07) is 7.24. The summed E-state index contributed by atoms with van der Waals surface area (Å²) in [7, 11) is 2.11.